The number of aromatic nitrogens is 1. The second-order valence-electron chi connectivity index (χ2n) is 5.21. The molecule has 1 aromatic heterocycles. The third-order valence-corrected chi connectivity index (χ3v) is 4.52. The van der Waals surface area contributed by atoms with Crippen molar-refractivity contribution in [2.45, 2.75) is 0 Å². The van der Waals surface area contributed by atoms with Crippen molar-refractivity contribution in [2.24, 2.45) is 0 Å². The highest BCUT2D eigenvalue weighted by Gasteiger charge is 2.11. The molecule has 0 saturated heterocycles. The Balaban J connectivity index is 1.70. The summed E-state index contributed by atoms with van der Waals surface area (Å²) in [7, 11) is -1.98. The van der Waals surface area contributed by atoms with Gasteiger partial charge in [-0.1, -0.05) is 12.1 Å². The molecular weight excluding hydrogens is 326 g/mol. The van der Waals surface area contributed by atoms with E-state index in [0.717, 1.165) is 10.8 Å². The van der Waals surface area contributed by atoms with Crippen LogP contribution in [0.3, 0.4) is 0 Å². The predicted molar refractivity (Wildman–Crippen MR) is 95.8 cm³/mol. The minimum absolute atomic E-state index is 0.242. The summed E-state index contributed by atoms with van der Waals surface area (Å²) in [6.07, 6.45) is 3.41. The maximum Gasteiger partial charge on any atom is 0.250 e. The van der Waals surface area contributed by atoms with Crippen molar-refractivity contribution in [2.75, 3.05) is 23.0 Å². The second kappa shape index (κ2) is 6.76. The summed E-state index contributed by atoms with van der Waals surface area (Å²) in [6, 6.07) is 14.3. The van der Waals surface area contributed by atoms with Gasteiger partial charge < -0.3 is 10.1 Å². The summed E-state index contributed by atoms with van der Waals surface area (Å²) < 4.78 is 32.2. The van der Waals surface area contributed by atoms with E-state index >= 15 is 0 Å². The highest BCUT2D eigenvalue weighted by atomic mass is 32.2. The van der Waals surface area contributed by atoms with Crippen molar-refractivity contribution in [1.82, 2.24) is 4.98 Å². The van der Waals surface area contributed by atoms with Crippen molar-refractivity contribution in [3.05, 3.63) is 60.9 Å². The average Bonchev–Trinajstić information content (AvgIpc) is 2.60. The van der Waals surface area contributed by atoms with Crippen molar-refractivity contribution < 1.29 is 13.2 Å². The van der Waals surface area contributed by atoms with Crippen molar-refractivity contribution in [3.63, 3.8) is 0 Å². The Kier molecular flexibility index (Phi) is 4.52. The molecule has 2 aromatic carbocycles. The van der Waals surface area contributed by atoms with Crippen molar-refractivity contribution >= 4 is 32.2 Å². The van der Waals surface area contributed by atoms with Crippen LogP contribution in [-0.4, -0.2) is 26.4 Å². The molecule has 0 fully saturated rings. The summed E-state index contributed by atoms with van der Waals surface area (Å²) in [4.78, 5) is 4.04. The van der Waals surface area contributed by atoms with Crippen LogP contribution in [0.2, 0.25) is 0 Å². The number of hydrogen-bond acceptors (Lipinski definition) is 5. The van der Waals surface area contributed by atoms with Crippen LogP contribution >= 0.6 is 0 Å². The monoisotopic (exact) mass is 343 g/mol. The van der Waals surface area contributed by atoms with Gasteiger partial charge in [-0.15, -0.1) is 0 Å². The molecule has 0 aliphatic rings. The largest absolute Gasteiger partial charge is 0.497 e. The zero-order valence-corrected chi connectivity index (χ0v) is 13.9. The number of benzene rings is 2. The minimum atomic E-state index is -3.54. The number of ether oxygens (including phenoxy) is 1. The van der Waals surface area contributed by atoms with E-state index in [4.69, 9.17) is 4.74 Å². The van der Waals surface area contributed by atoms with Gasteiger partial charge in [0.15, 0.2) is 0 Å². The molecule has 0 aliphatic carbocycles. The lowest BCUT2D eigenvalue weighted by Gasteiger charge is -2.11. The number of nitrogens with zero attached hydrogens (tertiary/aromatic N) is 1. The van der Waals surface area contributed by atoms with Crippen molar-refractivity contribution in [3.8, 4) is 5.75 Å². The Hall–Kier alpha value is -2.80. The number of methoxy groups -OCH3 is 1. The average molecular weight is 343 g/mol. The van der Waals surface area contributed by atoms with Crippen LogP contribution in [0.15, 0.2) is 60.9 Å². The Labute approximate surface area is 140 Å². The lowest BCUT2D eigenvalue weighted by molar-refractivity contribution is 0.415. The number of sulfonamides is 1. The maximum absolute atomic E-state index is 12.2. The van der Waals surface area contributed by atoms with E-state index in [-0.39, 0.29) is 5.88 Å². The van der Waals surface area contributed by atoms with E-state index in [9.17, 15) is 8.42 Å². The molecule has 0 unspecified atom stereocenters. The number of hydrogen-bond donors (Lipinski definition) is 2. The van der Waals surface area contributed by atoms with Crippen LogP contribution in [0.25, 0.3) is 10.8 Å². The van der Waals surface area contributed by atoms with Gasteiger partial charge in [-0.25, -0.2) is 8.42 Å². The Morgan fingerprint density at radius 2 is 1.92 bits per heavy atom. The smallest absolute Gasteiger partial charge is 0.250 e. The molecule has 6 nitrogen and oxygen atoms in total. The fraction of sp³-hybridized carbons (Fsp3) is 0.118. The molecule has 124 valence electrons. The molecule has 7 heteroatoms. The van der Waals surface area contributed by atoms with E-state index < -0.39 is 10.0 Å². The molecule has 0 spiro atoms. The zero-order chi connectivity index (χ0) is 17.0. The van der Waals surface area contributed by atoms with Crippen LogP contribution in [0.1, 0.15) is 0 Å². The third kappa shape index (κ3) is 3.94. The van der Waals surface area contributed by atoms with E-state index in [1.54, 1.807) is 55.9 Å². The van der Waals surface area contributed by atoms with E-state index in [0.29, 0.717) is 17.1 Å². The fourth-order valence-electron chi connectivity index (χ4n) is 2.27. The zero-order valence-electron chi connectivity index (χ0n) is 13.1. The number of pyridine rings is 1. The Morgan fingerprint density at radius 3 is 2.75 bits per heavy atom. The van der Waals surface area contributed by atoms with Gasteiger partial charge in [0.1, 0.15) is 11.6 Å². The molecule has 3 aromatic rings. The number of rotatable bonds is 6. The normalized spacial score (nSPS) is 11.2. The fourth-order valence-corrected chi connectivity index (χ4v) is 3.19. The predicted octanol–water partition coefficient (Wildman–Crippen LogP) is 3.05. The van der Waals surface area contributed by atoms with E-state index in [1.807, 2.05) is 12.1 Å². The van der Waals surface area contributed by atoms with Gasteiger partial charge in [0.05, 0.1) is 7.11 Å². The Morgan fingerprint density at radius 1 is 1.04 bits per heavy atom. The number of fused-ring (bicyclic) bond motifs is 1. The SMILES string of the molecule is COc1cccc(NCS(=O)(=O)Nc2ccc3cnccc3c2)c1. The van der Waals surface area contributed by atoms with Crippen LogP contribution < -0.4 is 14.8 Å². The quantitative estimate of drug-likeness (QED) is 0.719. The number of anilines is 2. The van der Waals surface area contributed by atoms with Crippen LogP contribution in [0.4, 0.5) is 11.4 Å². The first-order valence-electron chi connectivity index (χ1n) is 7.28. The maximum atomic E-state index is 12.2. The molecule has 3 rings (SSSR count). The lowest BCUT2D eigenvalue weighted by atomic mass is 10.2. The minimum Gasteiger partial charge on any atom is -0.497 e. The molecule has 0 atom stereocenters. The topological polar surface area (TPSA) is 80.3 Å². The van der Waals surface area contributed by atoms with Crippen LogP contribution in [-0.2, 0) is 10.0 Å². The van der Waals surface area contributed by atoms with Gasteiger partial charge in [0.2, 0.25) is 0 Å². The summed E-state index contributed by atoms with van der Waals surface area (Å²) in [5.74, 6) is 0.419. The van der Waals surface area contributed by atoms with Gasteiger partial charge in [-0.05, 0) is 35.7 Å². The van der Waals surface area contributed by atoms with Gasteiger partial charge >= 0.3 is 0 Å². The van der Waals surface area contributed by atoms with E-state index in [2.05, 4.69) is 15.0 Å². The van der Waals surface area contributed by atoms with Crippen LogP contribution in [0.5, 0.6) is 5.75 Å². The summed E-state index contributed by atoms with van der Waals surface area (Å²) in [6.45, 7) is 0. The lowest BCUT2D eigenvalue weighted by Crippen LogP contribution is -2.22. The number of nitrogens with one attached hydrogen (secondary N) is 2. The van der Waals surface area contributed by atoms with Gasteiger partial charge in [0, 0.05) is 35.2 Å². The Bertz CT molecular complexity index is 958. The molecular formula is C17H17N3O3S. The third-order valence-electron chi connectivity index (χ3n) is 3.45. The first-order valence-corrected chi connectivity index (χ1v) is 8.93. The van der Waals surface area contributed by atoms with Gasteiger partial charge in [0.25, 0.3) is 10.0 Å². The van der Waals surface area contributed by atoms with Crippen LogP contribution in [0, 0.1) is 0 Å². The first-order chi connectivity index (χ1) is 11.6. The van der Waals surface area contributed by atoms with Gasteiger partial charge in [-0.3, -0.25) is 9.71 Å². The molecule has 24 heavy (non-hydrogen) atoms. The molecule has 0 bridgehead atoms. The summed E-state index contributed by atoms with van der Waals surface area (Å²) in [5, 5.41) is 4.75. The molecule has 0 radical (unpaired) electrons. The second-order valence-corrected chi connectivity index (χ2v) is 6.93. The van der Waals surface area contributed by atoms with Gasteiger partial charge in [-0.2, -0.15) is 0 Å². The molecule has 0 amide bonds. The summed E-state index contributed by atoms with van der Waals surface area (Å²) in [5.41, 5.74) is 1.19. The van der Waals surface area contributed by atoms with Crippen molar-refractivity contribution in [1.29, 1.82) is 0 Å². The molecule has 0 saturated carbocycles. The highest BCUT2D eigenvalue weighted by molar-refractivity contribution is 7.92. The molecule has 1 heterocycles. The molecule has 2 N–H and O–H groups in total. The standard InChI is InChI=1S/C17H17N3O3S/c1-23-17-4-2-3-15(10-17)19-12-24(21,22)20-16-6-5-14-11-18-8-7-13(14)9-16/h2-11,19-20H,12H2,1H3. The highest BCUT2D eigenvalue weighted by Crippen LogP contribution is 2.20. The van der Waals surface area contributed by atoms with E-state index in [1.165, 1.54) is 0 Å². The first kappa shape index (κ1) is 16.1. The summed E-state index contributed by atoms with van der Waals surface area (Å²) >= 11 is 0. The molecule has 0 aliphatic heterocycles.